The van der Waals surface area contributed by atoms with E-state index in [1.54, 1.807) is 11.8 Å². The van der Waals surface area contributed by atoms with Crippen LogP contribution in [0.3, 0.4) is 0 Å². The Labute approximate surface area is 102 Å². The van der Waals surface area contributed by atoms with Crippen LogP contribution in [0.15, 0.2) is 0 Å². The Hall–Kier alpha value is 0.220. The quantitative estimate of drug-likeness (QED) is 0.723. The monoisotopic (exact) mass is 267 g/mol. The largest absolute Gasteiger partial charge is 0.394 e. The van der Waals surface area contributed by atoms with Crippen molar-refractivity contribution in [3.8, 4) is 0 Å². The van der Waals surface area contributed by atoms with Gasteiger partial charge in [0.15, 0.2) is 0 Å². The van der Waals surface area contributed by atoms with E-state index in [4.69, 9.17) is 0 Å². The van der Waals surface area contributed by atoms with Crippen LogP contribution in [0.5, 0.6) is 0 Å². The summed E-state index contributed by atoms with van der Waals surface area (Å²) in [6, 6.07) is 0. The molecular weight excluding hydrogens is 246 g/mol. The molecule has 0 aromatic carbocycles. The lowest BCUT2D eigenvalue weighted by molar-refractivity contribution is 0.173. The van der Waals surface area contributed by atoms with Gasteiger partial charge in [0.2, 0.25) is 0 Å². The van der Waals surface area contributed by atoms with Crippen LogP contribution in [-0.2, 0) is 9.84 Å². The van der Waals surface area contributed by atoms with Crippen molar-refractivity contribution in [1.82, 2.24) is 5.32 Å². The van der Waals surface area contributed by atoms with Gasteiger partial charge in [0.1, 0.15) is 9.84 Å². The van der Waals surface area contributed by atoms with Gasteiger partial charge in [-0.25, -0.2) is 8.42 Å². The Morgan fingerprint density at radius 2 is 2.25 bits per heavy atom. The minimum Gasteiger partial charge on any atom is -0.394 e. The van der Waals surface area contributed by atoms with Gasteiger partial charge < -0.3 is 10.4 Å². The van der Waals surface area contributed by atoms with E-state index in [1.807, 2.05) is 7.05 Å². The molecule has 1 aliphatic carbocycles. The van der Waals surface area contributed by atoms with Gasteiger partial charge in [0, 0.05) is 22.8 Å². The number of sulfone groups is 1. The van der Waals surface area contributed by atoms with Crippen molar-refractivity contribution in [2.24, 2.45) is 0 Å². The predicted octanol–water partition coefficient (Wildman–Crippen LogP) is 0.267. The minimum atomic E-state index is -2.84. The van der Waals surface area contributed by atoms with E-state index in [-0.39, 0.29) is 17.9 Å². The van der Waals surface area contributed by atoms with Crippen LogP contribution < -0.4 is 5.32 Å². The molecular formula is C10H21NO3S2. The molecule has 2 atom stereocenters. The summed E-state index contributed by atoms with van der Waals surface area (Å²) in [4.78, 5) is 0. The highest BCUT2D eigenvalue weighted by atomic mass is 32.2. The van der Waals surface area contributed by atoms with Gasteiger partial charge in [-0.05, 0) is 26.3 Å². The summed E-state index contributed by atoms with van der Waals surface area (Å²) < 4.78 is 22.0. The first-order chi connectivity index (χ1) is 7.41. The molecule has 1 fully saturated rings. The Morgan fingerprint density at radius 1 is 1.56 bits per heavy atom. The van der Waals surface area contributed by atoms with E-state index < -0.39 is 9.84 Å². The van der Waals surface area contributed by atoms with Crippen molar-refractivity contribution >= 4 is 21.6 Å². The molecule has 16 heavy (non-hydrogen) atoms. The molecule has 0 aromatic heterocycles. The van der Waals surface area contributed by atoms with Crippen LogP contribution in [0, 0.1) is 0 Å². The van der Waals surface area contributed by atoms with Crippen molar-refractivity contribution in [3.05, 3.63) is 0 Å². The Kier molecular flexibility index (Phi) is 5.10. The van der Waals surface area contributed by atoms with Gasteiger partial charge in [0.25, 0.3) is 0 Å². The molecule has 0 saturated heterocycles. The molecule has 0 bridgehead atoms. The van der Waals surface area contributed by atoms with Crippen molar-refractivity contribution < 1.29 is 13.5 Å². The van der Waals surface area contributed by atoms with E-state index in [9.17, 15) is 13.5 Å². The fourth-order valence-electron chi connectivity index (χ4n) is 2.04. The third-order valence-corrected chi connectivity index (χ3v) is 5.72. The first kappa shape index (κ1) is 14.3. The summed E-state index contributed by atoms with van der Waals surface area (Å²) in [6.45, 7) is 0.159. The highest BCUT2D eigenvalue weighted by molar-refractivity contribution is 8.01. The number of aliphatic hydroxyl groups is 1. The molecule has 1 aliphatic rings. The Morgan fingerprint density at radius 3 is 2.69 bits per heavy atom. The van der Waals surface area contributed by atoms with Crippen molar-refractivity contribution in [2.75, 3.05) is 31.4 Å². The zero-order valence-electron chi connectivity index (χ0n) is 9.90. The molecule has 0 aromatic rings. The van der Waals surface area contributed by atoms with E-state index in [1.165, 1.54) is 6.26 Å². The van der Waals surface area contributed by atoms with E-state index >= 15 is 0 Å². The topological polar surface area (TPSA) is 66.4 Å². The predicted molar refractivity (Wildman–Crippen MR) is 68.7 cm³/mol. The molecule has 96 valence electrons. The lowest BCUT2D eigenvalue weighted by atomic mass is 10.00. The summed E-state index contributed by atoms with van der Waals surface area (Å²) >= 11 is 1.71. The highest BCUT2D eigenvalue weighted by Gasteiger charge is 2.37. The molecule has 6 heteroatoms. The van der Waals surface area contributed by atoms with Gasteiger partial charge in [-0.1, -0.05) is 0 Å². The van der Waals surface area contributed by atoms with Gasteiger partial charge in [-0.2, -0.15) is 11.8 Å². The first-order valence-corrected chi connectivity index (χ1v) is 8.61. The SMILES string of the molecule is CNC1(CO)CCC(SCCS(C)(=O)=O)C1. The van der Waals surface area contributed by atoms with E-state index in [2.05, 4.69) is 5.32 Å². The number of hydrogen-bond donors (Lipinski definition) is 2. The van der Waals surface area contributed by atoms with E-state index in [0.29, 0.717) is 11.0 Å². The zero-order chi connectivity index (χ0) is 12.2. The van der Waals surface area contributed by atoms with Crippen molar-refractivity contribution in [3.63, 3.8) is 0 Å². The Balaban J connectivity index is 2.32. The van der Waals surface area contributed by atoms with Crippen LogP contribution in [0.25, 0.3) is 0 Å². The molecule has 0 heterocycles. The smallest absolute Gasteiger partial charge is 0.148 e. The lowest BCUT2D eigenvalue weighted by Gasteiger charge is -2.26. The van der Waals surface area contributed by atoms with Gasteiger partial charge >= 0.3 is 0 Å². The van der Waals surface area contributed by atoms with Crippen molar-refractivity contribution in [1.29, 1.82) is 0 Å². The van der Waals surface area contributed by atoms with Gasteiger partial charge in [0.05, 0.1) is 12.4 Å². The second kappa shape index (κ2) is 5.71. The molecule has 0 amide bonds. The number of aliphatic hydroxyl groups excluding tert-OH is 1. The molecule has 0 radical (unpaired) electrons. The lowest BCUT2D eigenvalue weighted by Crippen LogP contribution is -2.44. The molecule has 0 aliphatic heterocycles. The third kappa shape index (κ3) is 4.24. The maximum absolute atomic E-state index is 11.0. The summed E-state index contributed by atoms with van der Waals surface area (Å²) in [6.07, 6.45) is 4.22. The van der Waals surface area contributed by atoms with Crippen LogP contribution in [0.4, 0.5) is 0 Å². The number of likely N-dealkylation sites (N-methyl/N-ethyl adjacent to an activating group) is 1. The van der Waals surface area contributed by atoms with Gasteiger partial charge in [-0.15, -0.1) is 0 Å². The fourth-order valence-corrected chi connectivity index (χ4v) is 4.69. The minimum absolute atomic E-state index is 0.136. The van der Waals surface area contributed by atoms with Crippen LogP contribution in [-0.4, -0.2) is 55.7 Å². The second-order valence-corrected chi connectivity index (χ2v) is 8.22. The molecule has 2 N–H and O–H groups in total. The summed E-state index contributed by atoms with van der Waals surface area (Å²) in [5, 5.41) is 13.0. The number of thioether (sulfide) groups is 1. The molecule has 2 unspecified atom stereocenters. The van der Waals surface area contributed by atoms with Crippen LogP contribution in [0.1, 0.15) is 19.3 Å². The van der Waals surface area contributed by atoms with Crippen LogP contribution >= 0.6 is 11.8 Å². The van der Waals surface area contributed by atoms with E-state index in [0.717, 1.165) is 19.3 Å². The number of nitrogens with one attached hydrogen (secondary N) is 1. The van der Waals surface area contributed by atoms with Crippen LogP contribution in [0.2, 0.25) is 0 Å². The first-order valence-electron chi connectivity index (χ1n) is 5.50. The second-order valence-electron chi connectivity index (χ2n) is 4.55. The molecule has 1 rings (SSSR count). The highest BCUT2D eigenvalue weighted by Crippen LogP contribution is 2.36. The molecule has 1 saturated carbocycles. The average Bonchev–Trinajstić information content (AvgIpc) is 2.61. The summed E-state index contributed by atoms with van der Waals surface area (Å²) in [5.74, 6) is 0.911. The van der Waals surface area contributed by atoms with Gasteiger partial charge in [-0.3, -0.25) is 0 Å². The number of hydrogen-bond acceptors (Lipinski definition) is 5. The number of rotatable bonds is 6. The molecule has 0 spiro atoms. The molecule has 4 nitrogen and oxygen atoms in total. The average molecular weight is 267 g/mol. The maximum atomic E-state index is 11.0. The standard InChI is InChI=1S/C10H21NO3S2/c1-11-10(8-12)4-3-9(7-10)15-5-6-16(2,13)14/h9,11-12H,3-8H2,1-2H3. The van der Waals surface area contributed by atoms with Crippen molar-refractivity contribution in [2.45, 2.75) is 30.1 Å². The zero-order valence-corrected chi connectivity index (χ0v) is 11.5. The summed E-state index contributed by atoms with van der Waals surface area (Å²) in [5.41, 5.74) is -0.136. The maximum Gasteiger partial charge on any atom is 0.148 e. The normalized spacial score (nSPS) is 30.8. The Bertz CT molecular complexity index is 312. The fraction of sp³-hybridized carbons (Fsp3) is 1.00. The third-order valence-electron chi connectivity index (χ3n) is 3.20. The summed E-state index contributed by atoms with van der Waals surface area (Å²) in [7, 11) is -0.967.